The normalized spacial score (nSPS) is 18.3. The zero-order valence-electron chi connectivity index (χ0n) is 11.9. The fourth-order valence-electron chi connectivity index (χ4n) is 2.43. The van der Waals surface area contributed by atoms with Crippen LogP contribution in [0.1, 0.15) is 12.0 Å². The van der Waals surface area contributed by atoms with Crippen molar-refractivity contribution in [3.63, 3.8) is 0 Å². The van der Waals surface area contributed by atoms with E-state index in [1.54, 1.807) is 18.5 Å². The highest BCUT2D eigenvalue weighted by atomic mass is 19.4. The van der Waals surface area contributed by atoms with Gasteiger partial charge in [-0.25, -0.2) is 9.97 Å². The standard InChI is InChI=1S/C15H13F3N4O/c16-15(17,18)10-2-4-11(5-3-10)22-9-6-12(13(22)23)21-14-19-7-1-8-20-14/h1-5,7-8,12H,6,9H2,(H,19,20,21). The van der Waals surface area contributed by atoms with Gasteiger partial charge in [-0.2, -0.15) is 13.2 Å². The third-order valence-electron chi connectivity index (χ3n) is 3.58. The fraction of sp³-hybridized carbons (Fsp3) is 0.267. The number of nitrogens with zero attached hydrogens (tertiary/aromatic N) is 3. The van der Waals surface area contributed by atoms with Crippen molar-refractivity contribution in [3.8, 4) is 0 Å². The van der Waals surface area contributed by atoms with Gasteiger partial charge in [0.1, 0.15) is 6.04 Å². The molecular formula is C15H13F3N4O. The number of benzene rings is 1. The summed E-state index contributed by atoms with van der Waals surface area (Å²) >= 11 is 0. The molecule has 0 saturated carbocycles. The summed E-state index contributed by atoms with van der Waals surface area (Å²) in [5.74, 6) is 0.136. The van der Waals surface area contributed by atoms with E-state index in [-0.39, 0.29) is 5.91 Å². The Hall–Kier alpha value is -2.64. The topological polar surface area (TPSA) is 58.1 Å². The second kappa shape index (κ2) is 5.86. The van der Waals surface area contributed by atoms with E-state index in [1.807, 2.05) is 0 Å². The predicted octanol–water partition coefficient (Wildman–Crippen LogP) is 2.71. The molecule has 8 heteroatoms. The number of alkyl halides is 3. The fourth-order valence-corrected chi connectivity index (χ4v) is 2.43. The highest BCUT2D eigenvalue weighted by Crippen LogP contribution is 2.31. The van der Waals surface area contributed by atoms with Gasteiger partial charge in [0.15, 0.2) is 0 Å². The van der Waals surface area contributed by atoms with Crippen LogP contribution < -0.4 is 10.2 Å². The average Bonchev–Trinajstić information content (AvgIpc) is 2.89. The van der Waals surface area contributed by atoms with Crippen molar-refractivity contribution in [1.82, 2.24) is 9.97 Å². The van der Waals surface area contributed by atoms with Gasteiger partial charge in [-0.15, -0.1) is 0 Å². The molecule has 1 atom stereocenters. The molecule has 1 aromatic carbocycles. The van der Waals surface area contributed by atoms with Crippen LogP contribution in [0.3, 0.4) is 0 Å². The van der Waals surface area contributed by atoms with Crippen molar-refractivity contribution >= 4 is 17.5 Å². The lowest BCUT2D eigenvalue weighted by molar-refractivity contribution is -0.137. The molecule has 1 N–H and O–H groups in total. The summed E-state index contributed by atoms with van der Waals surface area (Å²) in [5.41, 5.74) is -0.290. The van der Waals surface area contributed by atoms with E-state index in [0.29, 0.717) is 24.6 Å². The molecule has 0 aliphatic carbocycles. The van der Waals surface area contributed by atoms with Gasteiger partial charge >= 0.3 is 6.18 Å². The summed E-state index contributed by atoms with van der Waals surface area (Å²) in [5, 5.41) is 2.93. The van der Waals surface area contributed by atoms with Gasteiger partial charge < -0.3 is 10.2 Å². The summed E-state index contributed by atoms with van der Waals surface area (Å²) in [6.45, 7) is 0.425. The van der Waals surface area contributed by atoms with E-state index < -0.39 is 17.8 Å². The maximum Gasteiger partial charge on any atom is 0.416 e. The highest BCUT2D eigenvalue weighted by molar-refractivity contribution is 6.00. The number of amides is 1. The molecule has 3 rings (SSSR count). The number of aromatic nitrogens is 2. The van der Waals surface area contributed by atoms with Crippen LogP contribution in [0.5, 0.6) is 0 Å². The van der Waals surface area contributed by atoms with Gasteiger partial charge in [-0.1, -0.05) is 0 Å². The second-order valence-corrected chi connectivity index (χ2v) is 5.09. The Morgan fingerprint density at radius 1 is 1.13 bits per heavy atom. The summed E-state index contributed by atoms with van der Waals surface area (Å²) < 4.78 is 37.7. The SMILES string of the molecule is O=C1C(Nc2ncccn2)CCN1c1ccc(C(F)(F)F)cc1. The van der Waals surface area contributed by atoms with Crippen LogP contribution in [-0.2, 0) is 11.0 Å². The minimum atomic E-state index is -4.39. The van der Waals surface area contributed by atoms with Crippen molar-refractivity contribution in [2.45, 2.75) is 18.6 Å². The van der Waals surface area contributed by atoms with Gasteiger partial charge in [-0.05, 0) is 36.8 Å². The minimum Gasteiger partial charge on any atom is -0.342 e. The Kier molecular flexibility index (Phi) is 3.89. The van der Waals surface area contributed by atoms with Crippen molar-refractivity contribution in [2.75, 3.05) is 16.8 Å². The summed E-state index contributed by atoms with van der Waals surface area (Å²) in [6, 6.07) is 5.74. The predicted molar refractivity (Wildman–Crippen MR) is 77.9 cm³/mol. The Labute approximate surface area is 130 Å². The Balaban J connectivity index is 1.71. The van der Waals surface area contributed by atoms with Crippen LogP contribution in [0.4, 0.5) is 24.8 Å². The van der Waals surface area contributed by atoms with E-state index in [9.17, 15) is 18.0 Å². The smallest absolute Gasteiger partial charge is 0.342 e. The molecule has 0 radical (unpaired) electrons. The molecule has 2 heterocycles. The Morgan fingerprint density at radius 2 is 1.78 bits per heavy atom. The van der Waals surface area contributed by atoms with E-state index >= 15 is 0 Å². The lowest BCUT2D eigenvalue weighted by Crippen LogP contribution is -2.33. The van der Waals surface area contributed by atoms with Gasteiger partial charge in [0, 0.05) is 24.6 Å². The summed E-state index contributed by atoms with van der Waals surface area (Å²) in [6.07, 6.45) is -0.745. The van der Waals surface area contributed by atoms with E-state index in [2.05, 4.69) is 15.3 Å². The first-order chi connectivity index (χ1) is 10.9. The van der Waals surface area contributed by atoms with Crippen LogP contribution >= 0.6 is 0 Å². The maximum atomic E-state index is 12.6. The third-order valence-corrected chi connectivity index (χ3v) is 3.58. The van der Waals surface area contributed by atoms with Crippen molar-refractivity contribution in [3.05, 3.63) is 48.3 Å². The number of halogens is 3. The van der Waals surface area contributed by atoms with Gasteiger partial charge in [0.2, 0.25) is 11.9 Å². The molecule has 1 saturated heterocycles. The molecule has 1 fully saturated rings. The van der Waals surface area contributed by atoms with E-state index in [4.69, 9.17) is 0 Å². The molecule has 1 aliphatic rings. The van der Waals surface area contributed by atoms with E-state index in [1.165, 1.54) is 17.0 Å². The van der Waals surface area contributed by atoms with Crippen LogP contribution in [0, 0.1) is 0 Å². The molecule has 120 valence electrons. The number of carbonyl (C=O) groups excluding carboxylic acids is 1. The molecule has 0 bridgehead atoms. The van der Waals surface area contributed by atoms with Crippen molar-refractivity contribution < 1.29 is 18.0 Å². The van der Waals surface area contributed by atoms with Crippen LogP contribution in [0.15, 0.2) is 42.7 Å². The van der Waals surface area contributed by atoms with Crippen LogP contribution in [0.2, 0.25) is 0 Å². The maximum absolute atomic E-state index is 12.6. The van der Waals surface area contributed by atoms with Crippen LogP contribution in [0.25, 0.3) is 0 Å². The molecule has 23 heavy (non-hydrogen) atoms. The third kappa shape index (κ3) is 3.25. The van der Waals surface area contributed by atoms with E-state index in [0.717, 1.165) is 12.1 Å². The van der Waals surface area contributed by atoms with Gasteiger partial charge in [-0.3, -0.25) is 4.79 Å². The first-order valence-electron chi connectivity index (χ1n) is 6.97. The average molecular weight is 322 g/mol. The minimum absolute atomic E-state index is 0.211. The highest BCUT2D eigenvalue weighted by Gasteiger charge is 2.34. The van der Waals surface area contributed by atoms with Crippen LogP contribution in [-0.4, -0.2) is 28.5 Å². The lowest BCUT2D eigenvalue weighted by atomic mass is 10.2. The zero-order valence-corrected chi connectivity index (χ0v) is 11.9. The Bertz CT molecular complexity index is 688. The first kappa shape index (κ1) is 15.3. The van der Waals surface area contributed by atoms with Gasteiger partial charge in [0.05, 0.1) is 5.56 Å². The summed E-state index contributed by atoms with van der Waals surface area (Å²) in [7, 11) is 0. The number of anilines is 2. The molecule has 2 aromatic rings. The number of hydrogen-bond donors (Lipinski definition) is 1. The molecule has 1 aromatic heterocycles. The zero-order chi connectivity index (χ0) is 16.4. The molecular weight excluding hydrogens is 309 g/mol. The molecule has 0 spiro atoms. The van der Waals surface area contributed by atoms with Gasteiger partial charge in [0.25, 0.3) is 0 Å². The van der Waals surface area contributed by atoms with Crippen molar-refractivity contribution in [2.24, 2.45) is 0 Å². The van der Waals surface area contributed by atoms with Crippen molar-refractivity contribution in [1.29, 1.82) is 0 Å². The largest absolute Gasteiger partial charge is 0.416 e. The summed E-state index contributed by atoms with van der Waals surface area (Å²) in [4.78, 5) is 21.8. The first-order valence-corrected chi connectivity index (χ1v) is 6.97. The number of hydrogen-bond acceptors (Lipinski definition) is 4. The molecule has 1 aliphatic heterocycles. The molecule has 1 amide bonds. The number of carbonyl (C=O) groups is 1. The Morgan fingerprint density at radius 3 is 2.39 bits per heavy atom. The number of rotatable bonds is 3. The molecule has 5 nitrogen and oxygen atoms in total. The molecule has 1 unspecified atom stereocenters. The monoisotopic (exact) mass is 322 g/mol. The number of nitrogens with one attached hydrogen (secondary N) is 1. The second-order valence-electron chi connectivity index (χ2n) is 5.09. The quantitative estimate of drug-likeness (QED) is 0.944. The lowest BCUT2D eigenvalue weighted by Gasteiger charge is -2.18.